The number of hydrogen-bond acceptors (Lipinski definition) is 4. The van der Waals surface area contributed by atoms with Crippen molar-refractivity contribution in [2.24, 2.45) is 10.8 Å². The van der Waals surface area contributed by atoms with E-state index in [-0.39, 0.29) is 15.4 Å². The topological polar surface area (TPSA) is 99.1 Å². The molecule has 1 aromatic rings. The van der Waals surface area contributed by atoms with Crippen LogP contribution in [0, 0.1) is 11.7 Å². The van der Waals surface area contributed by atoms with Gasteiger partial charge in [-0.3, -0.25) is 15.2 Å². The molecule has 1 heterocycles. The van der Waals surface area contributed by atoms with Crippen LogP contribution in [0.5, 0.6) is 0 Å². The zero-order valence-electron chi connectivity index (χ0n) is 7.83. The van der Waals surface area contributed by atoms with Gasteiger partial charge in [0.25, 0.3) is 5.56 Å². The molecule has 0 spiro atoms. The average molecular weight is 243 g/mol. The molecule has 0 bridgehead atoms. The van der Waals surface area contributed by atoms with E-state index in [0.717, 1.165) is 0 Å². The Labute approximate surface area is 95.6 Å². The lowest BCUT2D eigenvalue weighted by Crippen LogP contribution is -2.25. The van der Waals surface area contributed by atoms with Crippen molar-refractivity contribution in [3.63, 3.8) is 0 Å². The van der Waals surface area contributed by atoms with Gasteiger partial charge in [0.15, 0.2) is 9.88 Å². The molecule has 0 amide bonds. The van der Waals surface area contributed by atoms with E-state index >= 15 is 0 Å². The van der Waals surface area contributed by atoms with E-state index in [1.54, 1.807) is 6.92 Å². The summed E-state index contributed by atoms with van der Waals surface area (Å²) in [6, 6.07) is 0. The molecule has 80 valence electrons. The first-order valence-electron chi connectivity index (χ1n) is 3.92. The van der Waals surface area contributed by atoms with Crippen molar-refractivity contribution in [3.05, 3.63) is 26.4 Å². The largest absolute Gasteiger partial charge is 0.375 e. The van der Waals surface area contributed by atoms with Crippen molar-refractivity contribution >= 4 is 35.8 Å². The molecular weight excluding hydrogens is 234 g/mol. The quantitative estimate of drug-likeness (QED) is 0.330. The Morgan fingerprint density at radius 3 is 2.80 bits per heavy atom. The minimum Gasteiger partial charge on any atom is -0.375 e. The minimum absolute atomic E-state index is 0.0317. The van der Waals surface area contributed by atoms with Crippen molar-refractivity contribution in [1.82, 2.24) is 15.4 Å². The number of aryl methyl sites for hydroxylation is 1. The number of hydrazone groups is 1. The zero-order valence-corrected chi connectivity index (χ0v) is 9.46. The Kier molecular flexibility index (Phi) is 3.69. The summed E-state index contributed by atoms with van der Waals surface area (Å²) in [6.45, 7) is 1.72. The van der Waals surface area contributed by atoms with Crippen LogP contribution in [0.1, 0.15) is 11.3 Å². The SMILES string of the molecule is Cc1[nH]c(=S)[nH]c(=O)c1/C=N/NC(N)=S. The van der Waals surface area contributed by atoms with Gasteiger partial charge in [-0.2, -0.15) is 5.10 Å². The molecule has 5 N–H and O–H groups in total. The Hall–Kier alpha value is -1.54. The van der Waals surface area contributed by atoms with Crippen LogP contribution in [-0.4, -0.2) is 21.3 Å². The molecule has 1 rings (SSSR count). The summed E-state index contributed by atoms with van der Waals surface area (Å²) >= 11 is 9.33. The highest BCUT2D eigenvalue weighted by Crippen LogP contribution is 1.92. The molecule has 0 unspecified atom stereocenters. The molecule has 8 heteroatoms. The van der Waals surface area contributed by atoms with Gasteiger partial charge in [0.2, 0.25) is 0 Å². The molecule has 6 nitrogen and oxygen atoms in total. The number of nitrogens with one attached hydrogen (secondary N) is 3. The lowest BCUT2D eigenvalue weighted by molar-refractivity contribution is 1.01. The smallest absolute Gasteiger partial charge is 0.260 e. The van der Waals surface area contributed by atoms with Gasteiger partial charge in [-0.1, -0.05) is 0 Å². The maximum Gasteiger partial charge on any atom is 0.260 e. The van der Waals surface area contributed by atoms with Crippen LogP contribution in [0.15, 0.2) is 9.90 Å². The minimum atomic E-state index is -0.315. The molecule has 0 radical (unpaired) electrons. The number of thiocarbonyl (C=S) groups is 1. The Bertz CT molecular complexity index is 515. The summed E-state index contributed by atoms with van der Waals surface area (Å²) < 4.78 is 0.275. The van der Waals surface area contributed by atoms with Gasteiger partial charge in [-0.25, -0.2) is 0 Å². The molecule has 0 atom stereocenters. The summed E-state index contributed by atoms with van der Waals surface area (Å²) in [5.41, 5.74) is 8.18. The third kappa shape index (κ3) is 3.26. The standard InChI is InChI=1S/C7H9N5OS2/c1-3-4(2-9-12-6(8)14)5(13)11-7(15)10-3/h2H,1H3,(H3,8,12,14)(H2,10,11,13,15)/b9-2+. The van der Waals surface area contributed by atoms with Gasteiger partial charge in [0.05, 0.1) is 11.8 Å². The second kappa shape index (κ2) is 4.80. The van der Waals surface area contributed by atoms with Crippen molar-refractivity contribution in [2.75, 3.05) is 0 Å². The summed E-state index contributed by atoms with van der Waals surface area (Å²) in [5, 5.41) is 3.71. The number of H-pyrrole nitrogens is 2. The van der Waals surface area contributed by atoms with E-state index in [9.17, 15) is 4.79 Å². The molecular formula is C7H9N5OS2. The van der Waals surface area contributed by atoms with Crippen LogP contribution in [0.4, 0.5) is 0 Å². The molecule has 0 aliphatic heterocycles. The van der Waals surface area contributed by atoms with Gasteiger partial charge < -0.3 is 10.7 Å². The predicted molar refractivity (Wildman–Crippen MR) is 64.5 cm³/mol. The maximum absolute atomic E-state index is 11.4. The van der Waals surface area contributed by atoms with Crippen molar-refractivity contribution in [1.29, 1.82) is 0 Å². The van der Waals surface area contributed by atoms with Crippen molar-refractivity contribution in [2.45, 2.75) is 6.92 Å². The number of nitrogens with zero attached hydrogens (tertiary/aromatic N) is 1. The second-order valence-electron chi connectivity index (χ2n) is 2.68. The van der Waals surface area contributed by atoms with Crippen LogP contribution in [0.25, 0.3) is 0 Å². The van der Waals surface area contributed by atoms with E-state index in [2.05, 4.69) is 32.7 Å². The van der Waals surface area contributed by atoms with Gasteiger partial charge in [-0.05, 0) is 31.4 Å². The highest BCUT2D eigenvalue weighted by molar-refractivity contribution is 7.80. The number of rotatable bonds is 2. The van der Waals surface area contributed by atoms with E-state index in [0.29, 0.717) is 11.3 Å². The Morgan fingerprint density at radius 2 is 2.27 bits per heavy atom. The first kappa shape index (κ1) is 11.5. The molecule has 0 aromatic carbocycles. The number of aromatic nitrogens is 2. The van der Waals surface area contributed by atoms with Gasteiger partial charge >= 0.3 is 0 Å². The average Bonchev–Trinajstić information content (AvgIpc) is 2.08. The fourth-order valence-electron chi connectivity index (χ4n) is 0.926. The van der Waals surface area contributed by atoms with Gasteiger partial charge in [0, 0.05) is 5.69 Å². The third-order valence-electron chi connectivity index (χ3n) is 1.55. The number of hydrogen-bond donors (Lipinski definition) is 4. The molecule has 0 saturated heterocycles. The second-order valence-corrected chi connectivity index (χ2v) is 3.53. The molecule has 1 aromatic heterocycles. The fraction of sp³-hybridized carbons (Fsp3) is 0.143. The van der Waals surface area contributed by atoms with Crippen molar-refractivity contribution in [3.8, 4) is 0 Å². The lowest BCUT2D eigenvalue weighted by Gasteiger charge is -1.98. The Balaban J connectivity index is 3.05. The molecule has 0 saturated carbocycles. The summed E-state index contributed by atoms with van der Waals surface area (Å²) in [6.07, 6.45) is 1.32. The van der Waals surface area contributed by atoms with Gasteiger partial charge in [-0.15, -0.1) is 0 Å². The summed E-state index contributed by atoms with van der Waals surface area (Å²) in [7, 11) is 0. The van der Waals surface area contributed by atoms with E-state index in [4.69, 9.17) is 18.0 Å². The molecule has 0 aliphatic carbocycles. The number of aromatic amines is 2. The maximum atomic E-state index is 11.4. The van der Waals surface area contributed by atoms with E-state index in [1.165, 1.54) is 6.21 Å². The first-order chi connectivity index (χ1) is 7.00. The van der Waals surface area contributed by atoms with Crippen LogP contribution in [0.3, 0.4) is 0 Å². The van der Waals surface area contributed by atoms with Crippen LogP contribution < -0.4 is 16.7 Å². The normalized spacial score (nSPS) is 10.5. The predicted octanol–water partition coefficient (Wildman–Crippen LogP) is -0.0920. The molecule has 15 heavy (non-hydrogen) atoms. The monoisotopic (exact) mass is 243 g/mol. The lowest BCUT2D eigenvalue weighted by atomic mass is 10.3. The first-order valence-corrected chi connectivity index (χ1v) is 4.74. The molecule has 0 aliphatic rings. The van der Waals surface area contributed by atoms with Crippen LogP contribution in [0.2, 0.25) is 0 Å². The fourth-order valence-corrected chi connectivity index (χ4v) is 1.22. The van der Waals surface area contributed by atoms with Crippen molar-refractivity contribution < 1.29 is 0 Å². The third-order valence-corrected chi connectivity index (χ3v) is 1.84. The summed E-state index contributed by atoms with van der Waals surface area (Å²) in [5.74, 6) is 0. The van der Waals surface area contributed by atoms with E-state index in [1.807, 2.05) is 0 Å². The number of nitrogens with two attached hydrogens (primary N) is 1. The highest BCUT2D eigenvalue weighted by Gasteiger charge is 2.00. The van der Waals surface area contributed by atoms with Crippen LogP contribution in [-0.2, 0) is 0 Å². The highest BCUT2D eigenvalue weighted by atomic mass is 32.1. The molecule has 0 fully saturated rings. The van der Waals surface area contributed by atoms with Gasteiger partial charge in [0.1, 0.15) is 0 Å². The summed E-state index contributed by atoms with van der Waals surface area (Å²) in [4.78, 5) is 16.6. The van der Waals surface area contributed by atoms with Crippen LogP contribution >= 0.6 is 24.4 Å². The Morgan fingerprint density at radius 1 is 1.60 bits per heavy atom. The zero-order chi connectivity index (χ0) is 11.4. The van der Waals surface area contributed by atoms with E-state index < -0.39 is 0 Å².